The number of ether oxygens (including phenoxy) is 1. The number of esters is 1. The Morgan fingerprint density at radius 2 is 1.27 bits per heavy atom. The van der Waals surface area contributed by atoms with E-state index in [1.165, 1.54) is 43.3 Å². The minimum absolute atomic E-state index is 0.0288. The molecule has 19 nitrogen and oxygen atoms in total. The number of aromatic hydroxyl groups is 2. The molecule has 1 aliphatic heterocycles. The Morgan fingerprint density at radius 1 is 0.742 bits per heavy atom. The Labute approximate surface area is 384 Å². The van der Waals surface area contributed by atoms with Gasteiger partial charge in [-0.2, -0.15) is 0 Å². The van der Waals surface area contributed by atoms with E-state index in [1.54, 1.807) is 56.3 Å². The molecule has 0 spiro atoms. The summed E-state index contributed by atoms with van der Waals surface area (Å²) in [6, 6.07) is 12.4. The van der Waals surface area contributed by atoms with Crippen molar-refractivity contribution in [1.29, 1.82) is 0 Å². The Balaban J connectivity index is 1.83. The second-order valence-electron chi connectivity index (χ2n) is 16.4. The highest BCUT2D eigenvalue weighted by Gasteiger charge is 2.39. The zero-order valence-corrected chi connectivity index (χ0v) is 37.8. The van der Waals surface area contributed by atoms with Crippen molar-refractivity contribution in [3.63, 3.8) is 0 Å². The molecule has 1 fully saturated rings. The topological polar surface area (TPSA) is 306 Å². The van der Waals surface area contributed by atoms with Crippen LogP contribution in [0.4, 0.5) is 0 Å². The molecule has 1 heterocycles. The highest BCUT2D eigenvalue weighted by molar-refractivity contribution is 5.97. The van der Waals surface area contributed by atoms with Crippen molar-refractivity contribution in [1.82, 2.24) is 31.9 Å². The number of cyclic esters (lactones) is 1. The first-order valence-corrected chi connectivity index (χ1v) is 22.1. The lowest BCUT2D eigenvalue weighted by atomic mass is 9.97. The fraction of sp³-hybridized carbons (Fsp3) is 0.447. The second-order valence-corrected chi connectivity index (χ2v) is 16.4. The monoisotopic (exact) mass is 913 g/mol. The van der Waals surface area contributed by atoms with Gasteiger partial charge in [-0.3, -0.25) is 33.8 Å². The number of nitrogens with zero attached hydrogens (tertiary/aromatic N) is 1. The SMILES string of the molecule is CCCC(=O)N[C@H](Cc1ccccc1)C(=O)N[C@H]1C(=O)N[C@H](Cc2ccc(O)cc2)C(=O)NC(CCCN=C(N)N)C(=O)N[C@H](Cc2ccc(O)cc2)C(=O)N[C@@H]([C@H](C)CC)C(=O)O[C@H]1C. The summed E-state index contributed by atoms with van der Waals surface area (Å²) in [6.07, 6.45) is -0.525. The van der Waals surface area contributed by atoms with E-state index >= 15 is 0 Å². The summed E-state index contributed by atoms with van der Waals surface area (Å²) >= 11 is 0. The second kappa shape index (κ2) is 25.3. The quantitative estimate of drug-likeness (QED) is 0.0391. The molecule has 0 saturated carbocycles. The maximum absolute atomic E-state index is 14.6. The van der Waals surface area contributed by atoms with E-state index in [9.17, 15) is 43.8 Å². The van der Waals surface area contributed by atoms with Crippen LogP contribution in [0.25, 0.3) is 0 Å². The van der Waals surface area contributed by atoms with Crippen molar-refractivity contribution in [2.45, 2.75) is 121 Å². The maximum Gasteiger partial charge on any atom is 0.329 e. The summed E-state index contributed by atoms with van der Waals surface area (Å²) in [5.41, 5.74) is 12.8. The lowest BCUT2D eigenvalue weighted by molar-refractivity contribution is -0.157. The first-order valence-electron chi connectivity index (χ1n) is 22.1. The fourth-order valence-electron chi connectivity index (χ4n) is 7.18. The van der Waals surface area contributed by atoms with Crippen LogP contribution in [0.15, 0.2) is 83.9 Å². The largest absolute Gasteiger partial charge is 0.508 e. The number of nitrogens with one attached hydrogen (secondary N) is 6. The van der Waals surface area contributed by atoms with Crippen molar-refractivity contribution in [3.05, 3.63) is 95.6 Å². The van der Waals surface area contributed by atoms with E-state index in [4.69, 9.17) is 16.2 Å². The number of nitrogens with two attached hydrogens (primary N) is 2. The summed E-state index contributed by atoms with van der Waals surface area (Å²) in [4.78, 5) is 103. The van der Waals surface area contributed by atoms with Crippen molar-refractivity contribution in [2.24, 2.45) is 22.4 Å². The molecule has 4 rings (SSSR count). The van der Waals surface area contributed by atoms with Gasteiger partial charge >= 0.3 is 5.97 Å². The third kappa shape index (κ3) is 16.1. The number of hydrogen-bond acceptors (Lipinski definition) is 11. The highest BCUT2D eigenvalue weighted by Crippen LogP contribution is 2.18. The Bertz CT molecular complexity index is 2150. The van der Waals surface area contributed by atoms with Gasteiger partial charge in [-0.05, 0) is 73.1 Å². The smallest absolute Gasteiger partial charge is 0.329 e. The number of aliphatic imine (C=N–C) groups is 1. The van der Waals surface area contributed by atoms with E-state index < -0.39 is 89.7 Å². The molecular weight excluding hydrogens is 851 g/mol. The first-order chi connectivity index (χ1) is 31.5. The average molecular weight is 914 g/mol. The fourth-order valence-corrected chi connectivity index (χ4v) is 7.18. The Hall–Kier alpha value is -7.18. The number of guanidine groups is 1. The van der Waals surface area contributed by atoms with Gasteiger partial charge in [0, 0.05) is 32.2 Å². The van der Waals surface area contributed by atoms with Gasteiger partial charge in [0.2, 0.25) is 35.4 Å². The van der Waals surface area contributed by atoms with Gasteiger partial charge in [0.25, 0.3) is 0 Å². The van der Waals surface area contributed by atoms with Gasteiger partial charge in [0.15, 0.2) is 5.96 Å². The van der Waals surface area contributed by atoms with Gasteiger partial charge in [0.1, 0.15) is 53.9 Å². The molecule has 1 saturated heterocycles. The van der Waals surface area contributed by atoms with Gasteiger partial charge in [-0.15, -0.1) is 0 Å². The zero-order valence-electron chi connectivity index (χ0n) is 37.8. The lowest BCUT2D eigenvalue weighted by Crippen LogP contribution is -2.63. The minimum Gasteiger partial charge on any atom is -0.508 e. The van der Waals surface area contributed by atoms with Gasteiger partial charge in [-0.1, -0.05) is 81.8 Å². The highest BCUT2D eigenvalue weighted by atomic mass is 16.5. The standard InChI is InChI=1S/C47H63N9O10/c1-5-11-38(59)51-35(24-29-12-8-7-9-13-29)43(62)56-40-28(4)66-46(65)39(27(3)6-2)55-44(63)37(26-31-17-21-33(58)22-18-31)53-41(60)34(14-10-23-50-47(48)49)52-42(61)36(54-45(40)64)25-30-15-19-32(57)20-16-30/h7-9,12-13,15-22,27-28,34-37,39-40,57-58H,5-6,10-11,14,23-26H2,1-4H3,(H,51,59)(H,52,61)(H,53,60)(H,54,64)(H,55,63)(H,56,62)(H4,48,49,50)/t27-,28+,34?,35-,36-,37-,39+,40-/m1/s1. The third-order valence-corrected chi connectivity index (χ3v) is 11.1. The molecule has 3 aromatic rings. The van der Waals surface area contributed by atoms with Crippen LogP contribution in [0, 0.1) is 5.92 Å². The molecule has 0 aliphatic carbocycles. The average Bonchev–Trinajstić information content (AvgIpc) is 3.28. The normalized spacial score (nSPS) is 21.7. The van der Waals surface area contributed by atoms with Gasteiger partial charge in [0.05, 0.1) is 0 Å². The Morgan fingerprint density at radius 3 is 1.82 bits per heavy atom. The summed E-state index contributed by atoms with van der Waals surface area (Å²) < 4.78 is 5.92. The number of carbonyl (C=O) groups is 7. The van der Waals surface area contributed by atoms with E-state index in [1.807, 2.05) is 6.92 Å². The van der Waals surface area contributed by atoms with E-state index in [-0.39, 0.29) is 62.5 Å². The molecule has 356 valence electrons. The number of amides is 6. The zero-order chi connectivity index (χ0) is 48.3. The van der Waals surface area contributed by atoms with Crippen LogP contribution in [-0.2, 0) is 57.6 Å². The molecule has 12 N–H and O–H groups in total. The Kier molecular flexibility index (Phi) is 19.8. The number of benzene rings is 3. The van der Waals surface area contributed by atoms with Crippen LogP contribution < -0.4 is 43.4 Å². The molecule has 6 amide bonds. The molecule has 1 aliphatic rings. The van der Waals surface area contributed by atoms with Crippen molar-refractivity contribution >= 4 is 47.4 Å². The van der Waals surface area contributed by atoms with Crippen molar-refractivity contribution in [3.8, 4) is 11.5 Å². The number of hydrogen-bond donors (Lipinski definition) is 10. The lowest BCUT2D eigenvalue weighted by Gasteiger charge is -2.32. The third-order valence-electron chi connectivity index (χ3n) is 11.1. The molecule has 8 atom stereocenters. The summed E-state index contributed by atoms with van der Waals surface area (Å²) in [5, 5.41) is 36.2. The van der Waals surface area contributed by atoms with E-state index in [0.717, 1.165) is 0 Å². The number of phenolic OH excluding ortho intramolecular Hbond substituents is 2. The minimum atomic E-state index is -1.68. The molecule has 0 bridgehead atoms. The molecule has 66 heavy (non-hydrogen) atoms. The van der Waals surface area contributed by atoms with Gasteiger partial charge < -0.3 is 58.3 Å². The summed E-state index contributed by atoms with van der Waals surface area (Å²) in [6.45, 7) is 6.76. The van der Waals surface area contributed by atoms with Crippen LogP contribution in [0.5, 0.6) is 11.5 Å². The molecule has 0 radical (unpaired) electrons. The van der Waals surface area contributed by atoms with Crippen LogP contribution in [0.3, 0.4) is 0 Å². The van der Waals surface area contributed by atoms with Gasteiger partial charge in [-0.25, -0.2) is 4.79 Å². The molecule has 1 unspecified atom stereocenters. The van der Waals surface area contributed by atoms with E-state index in [2.05, 4.69) is 36.9 Å². The molecule has 0 aromatic heterocycles. The molecule has 3 aromatic carbocycles. The predicted octanol–water partition coefficient (Wildman–Crippen LogP) is 0.880. The first kappa shape index (κ1) is 51.5. The maximum atomic E-state index is 14.6. The molecular formula is C47H63N9O10. The van der Waals surface area contributed by atoms with Crippen LogP contribution in [0.1, 0.15) is 76.5 Å². The summed E-state index contributed by atoms with van der Waals surface area (Å²) in [7, 11) is 0. The van der Waals surface area contributed by atoms with Crippen LogP contribution in [-0.4, -0.2) is 106 Å². The number of carbonyl (C=O) groups excluding carboxylic acids is 7. The molecule has 19 heteroatoms. The number of rotatable bonds is 17. The van der Waals surface area contributed by atoms with Crippen LogP contribution >= 0.6 is 0 Å². The van der Waals surface area contributed by atoms with Crippen LogP contribution in [0.2, 0.25) is 0 Å². The predicted molar refractivity (Wildman–Crippen MR) is 245 cm³/mol. The van der Waals surface area contributed by atoms with E-state index in [0.29, 0.717) is 29.5 Å². The summed E-state index contributed by atoms with van der Waals surface area (Å²) in [5.74, 6) is -6.33. The number of phenols is 2. The van der Waals surface area contributed by atoms with Crippen molar-refractivity contribution < 1.29 is 48.5 Å². The van der Waals surface area contributed by atoms with Crippen molar-refractivity contribution in [2.75, 3.05) is 6.54 Å².